The molecule has 0 aliphatic carbocycles. The molecule has 0 radical (unpaired) electrons. The number of nitrogens with zero attached hydrogens (tertiary/aromatic N) is 1. The van der Waals surface area contributed by atoms with E-state index in [-0.39, 0.29) is 18.6 Å². The molecular formula is C20H26N2O4. The predicted octanol–water partition coefficient (Wildman–Crippen LogP) is 2.41. The summed E-state index contributed by atoms with van der Waals surface area (Å²) in [5.41, 5.74) is 1.24. The number of benzene rings is 1. The maximum absolute atomic E-state index is 12.2. The standard InChI is InChI=1S/C20H26N2O4/c1-2-16-5-7-17(8-6-16)26-15-20(23)21-14-18(19-4-3-11-25-19)22-9-12-24-13-10-22/h3-8,11,18H,2,9-10,12-15H2,1H3,(H,21,23)/t18-/m1/s1. The highest BCUT2D eigenvalue weighted by atomic mass is 16.5. The molecule has 1 aliphatic rings. The minimum Gasteiger partial charge on any atom is -0.484 e. The number of nitrogens with one attached hydrogen (secondary N) is 1. The van der Waals surface area contributed by atoms with Crippen LogP contribution in [0.5, 0.6) is 5.75 Å². The van der Waals surface area contributed by atoms with E-state index in [1.54, 1.807) is 6.26 Å². The summed E-state index contributed by atoms with van der Waals surface area (Å²) in [5, 5.41) is 2.95. The molecule has 1 N–H and O–H groups in total. The highest BCUT2D eigenvalue weighted by Crippen LogP contribution is 2.21. The summed E-state index contributed by atoms with van der Waals surface area (Å²) in [6.07, 6.45) is 2.64. The number of morpholine rings is 1. The zero-order chi connectivity index (χ0) is 18.2. The molecule has 6 heteroatoms. The fourth-order valence-corrected chi connectivity index (χ4v) is 3.01. The van der Waals surface area contributed by atoms with Gasteiger partial charge in [0.1, 0.15) is 11.5 Å². The van der Waals surface area contributed by atoms with Crippen molar-refractivity contribution in [2.75, 3.05) is 39.5 Å². The molecule has 1 fully saturated rings. The van der Waals surface area contributed by atoms with Gasteiger partial charge in [-0.05, 0) is 36.2 Å². The number of furan rings is 1. The molecule has 1 aromatic carbocycles. The second-order valence-corrected chi connectivity index (χ2v) is 6.27. The van der Waals surface area contributed by atoms with Crippen LogP contribution in [-0.2, 0) is 16.0 Å². The average Bonchev–Trinajstić information content (AvgIpc) is 3.22. The van der Waals surface area contributed by atoms with Gasteiger partial charge in [-0.1, -0.05) is 19.1 Å². The van der Waals surface area contributed by atoms with Gasteiger partial charge in [-0.3, -0.25) is 9.69 Å². The van der Waals surface area contributed by atoms with Gasteiger partial charge in [0.25, 0.3) is 5.91 Å². The number of carbonyl (C=O) groups excluding carboxylic acids is 1. The fraction of sp³-hybridized carbons (Fsp3) is 0.450. The molecule has 26 heavy (non-hydrogen) atoms. The minimum atomic E-state index is -0.144. The van der Waals surface area contributed by atoms with E-state index in [4.69, 9.17) is 13.9 Å². The fourth-order valence-electron chi connectivity index (χ4n) is 3.01. The largest absolute Gasteiger partial charge is 0.484 e. The van der Waals surface area contributed by atoms with Crippen molar-refractivity contribution in [2.45, 2.75) is 19.4 Å². The average molecular weight is 358 g/mol. The van der Waals surface area contributed by atoms with Gasteiger partial charge < -0.3 is 19.2 Å². The number of hydrogen-bond donors (Lipinski definition) is 1. The lowest BCUT2D eigenvalue weighted by molar-refractivity contribution is -0.123. The van der Waals surface area contributed by atoms with Gasteiger partial charge in [-0.2, -0.15) is 0 Å². The quantitative estimate of drug-likeness (QED) is 0.785. The monoisotopic (exact) mass is 358 g/mol. The minimum absolute atomic E-state index is 0.000538. The van der Waals surface area contributed by atoms with E-state index in [2.05, 4.69) is 17.1 Å². The second kappa shape index (κ2) is 9.40. The molecule has 1 aliphatic heterocycles. The Kier molecular flexibility index (Phi) is 6.68. The van der Waals surface area contributed by atoms with Crippen molar-refractivity contribution in [3.8, 4) is 5.75 Å². The highest BCUT2D eigenvalue weighted by molar-refractivity contribution is 5.77. The summed E-state index contributed by atoms with van der Waals surface area (Å²) in [5.74, 6) is 1.41. The summed E-state index contributed by atoms with van der Waals surface area (Å²) >= 11 is 0. The summed E-state index contributed by atoms with van der Waals surface area (Å²) in [4.78, 5) is 14.5. The first-order valence-electron chi connectivity index (χ1n) is 9.10. The van der Waals surface area contributed by atoms with Gasteiger partial charge >= 0.3 is 0 Å². The van der Waals surface area contributed by atoms with Gasteiger partial charge in [0, 0.05) is 19.6 Å². The van der Waals surface area contributed by atoms with Crippen molar-refractivity contribution in [1.29, 1.82) is 0 Å². The van der Waals surface area contributed by atoms with Gasteiger partial charge in [0.2, 0.25) is 0 Å². The smallest absolute Gasteiger partial charge is 0.258 e. The topological polar surface area (TPSA) is 63.9 Å². The Morgan fingerprint density at radius 2 is 2.00 bits per heavy atom. The van der Waals surface area contributed by atoms with Crippen molar-refractivity contribution in [1.82, 2.24) is 10.2 Å². The van der Waals surface area contributed by atoms with E-state index in [0.717, 1.165) is 25.3 Å². The molecule has 0 unspecified atom stereocenters. The van der Waals surface area contributed by atoms with Crippen molar-refractivity contribution in [2.24, 2.45) is 0 Å². The third kappa shape index (κ3) is 5.09. The number of ether oxygens (including phenoxy) is 2. The molecule has 0 bridgehead atoms. The van der Waals surface area contributed by atoms with Crippen LogP contribution in [0.25, 0.3) is 0 Å². The summed E-state index contributed by atoms with van der Waals surface area (Å²) < 4.78 is 16.6. The lowest BCUT2D eigenvalue weighted by atomic mass is 10.1. The normalized spacial score (nSPS) is 16.2. The van der Waals surface area contributed by atoms with E-state index in [9.17, 15) is 4.79 Å². The van der Waals surface area contributed by atoms with Gasteiger partial charge in [-0.15, -0.1) is 0 Å². The first-order valence-corrected chi connectivity index (χ1v) is 9.10. The lowest BCUT2D eigenvalue weighted by Crippen LogP contribution is -2.44. The number of amides is 1. The molecule has 0 saturated carbocycles. The van der Waals surface area contributed by atoms with E-state index >= 15 is 0 Å². The Labute approximate surface area is 154 Å². The molecular weight excluding hydrogens is 332 g/mol. The van der Waals surface area contributed by atoms with Crippen molar-refractivity contribution >= 4 is 5.91 Å². The SMILES string of the molecule is CCc1ccc(OCC(=O)NC[C@H](c2ccco2)N2CCOCC2)cc1. The third-order valence-corrected chi connectivity index (χ3v) is 4.55. The Morgan fingerprint density at radius 3 is 2.65 bits per heavy atom. The van der Waals surface area contributed by atoms with E-state index in [0.29, 0.717) is 25.5 Å². The summed E-state index contributed by atoms with van der Waals surface area (Å²) in [6.45, 7) is 5.62. The molecule has 1 aromatic heterocycles. The summed E-state index contributed by atoms with van der Waals surface area (Å²) in [7, 11) is 0. The number of rotatable bonds is 8. The molecule has 1 atom stereocenters. The predicted molar refractivity (Wildman–Crippen MR) is 98.2 cm³/mol. The zero-order valence-corrected chi connectivity index (χ0v) is 15.1. The van der Waals surface area contributed by atoms with Crippen LogP contribution in [0.4, 0.5) is 0 Å². The van der Waals surface area contributed by atoms with Gasteiger partial charge in [-0.25, -0.2) is 0 Å². The van der Waals surface area contributed by atoms with Crippen LogP contribution >= 0.6 is 0 Å². The molecule has 6 nitrogen and oxygen atoms in total. The van der Waals surface area contributed by atoms with Crippen LogP contribution in [0.15, 0.2) is 47.1 Å². The molecule has 140 valence electrons. The van der Waals surface area contributed by atoms with Crippen molar-refractivity contribution in [3.05, 3.63) is 54.0 Å². The van der Waals surface area contributed by atoms with Crippen LogP contribution in [0.3, 0.4) is 0 Å². The Hall–Kier alpha value is -2.31. The maximum atomic E-state index is 12.2. The van der Waals surface area contributed by atoms with E-state index in [1.807, 2.05) is 36.4 Å². The Bertz CT molecular complexity index is 664. The third-order valence-electron chi connectivity index (χ3n) is 4.55. The van der Waals surface area contributed by atoms with Crippen LogP contribution < -0.4 is 10.1 Å². The first-order chi connectivity index (χ1) is 12.8. The summed E-state index contributed by atoms with van der Waals surface area (Å²) in [6, 6.07) is 11.6. The van der Waals surface area contributed by atoms with E-state index < -0.39 is 0 Å². The molecule has 1 saturated heterocycles. The number of carbonyl (C=O) groups is 1. The van der Waals surface area contributed by atoms with Gasteiger partial charge in [0.05, 0.1) is 25.5 Å². The Balaban J connectivity index is 1.50. The highest BCUT2D eigenvalue weighted by Gasteiger charge is 2.25. The first kappa shape index (κ1) is 18.5. The van der Waals surface area contributed by atoms with Crippen molar-refractivity contribution in [3.63, 3.8) is 0 Å². The van der Waals surface area contributed by atoms with Crippen LogP contribution in [0.2, 0.25) is 0 Å². The molecule has 1 amide bonds. The van der Waals surface area contributed by atoms with Crippen LogP contribution in [0.1, 0.15) is 24.3 Å². The maximum Gasteiger partial charge on any atom is 0.258 e. The van der Waals surface area contributed by atoms with E-state index in [1.165, 1.54) is 5.56 Å². The van der Waals surface area contributed by atoms with Crippen molar-refractivity contribution < 1.29 is 18.7 Å². The molecule has 0 spiro atoms. The van der Waals surface area contributed by atoms with Crippen LogP contribution in [0, 0.1) is 0 Å². The molecule has 2 heterocycles. The molecule has 3 rings (SSSR count). The second-order valence-electron chi connectivity index (χ2n) is 6.27. The Morgan fingerprint density at radius 1 is 1.23 bits per heavy atom. The zero-order valence-electron chi connectivity index (χ0n) is 15.1. The van der Waals surface area contributed by atoms with Crippen LogP contribution in [-0.4, -0.2) is 50.3 Å². The number of hydrogen-bond acceptors (Lipinski definition) is 5. The lowest BCUT2D eigenvalue weighted by Gasteiger charge is -2.33. The number of aryl methyl sites for hydroxylation is 1. The molecule has 2 aromatic rings. The van der Waals surface area contributed by atoms with Gasteiger partial charge in [0.15, 0.2) is 6.61 Å².